The van der Waals surface area contributed by atoms with E-state index in [0.29, 0.717) is 5.56 Å². The maximum Gasteiger partial charge on any atom is 0.221 e. The average molecular weight is 364 g/mol. The van der Waals surface area contributed by atoms with Crippen molar-refractivity contribution in [3.8, 4) is 0 Å². The first kappa shape index (κ1) is 18.0. The second kappa shape index (κ2) is 7.21. The van der Waals surface area contributed by atoms with Crippen LogP contribution < -0.4 is 0 Å². The molecule has 0 unspecified atom stereocenters. The van der Waals surface area contributed by atoms with Gasteiger partial charge in [0.05, 0.1) is 12.6 Å². The summed E-state index contributed by atoms with van der Waals surface area (Å²) in [5, 5.41) is 0.555. The van der Waals surface area contributed by atoms with Gasteiger partial charge in [-0.25, -0.2) is 17.1 Å². The molecular weight excluding hydrogens is 343 g/mol. The first-order valence-electron chi connectivity index (χ1n) is 8.00. The van der Waals surface area contributed by atoms with Crippen molar-refractivity contribution in [2.24, 2.45) is 0 Å². The zero-order valence-corrected chi connectivity index (χ0v) is 15.0. The molecule has 5 nitrogen and oxygen atoms in total. The Balaban J connectivity index is 1.89. The highest BCUT2D eigenvalue weighted by Crippen LogP contribution is 2.36. The third-order valence-electron chi connectivity index (χ3n) is 4.48. The fourth-order valence-corrected chi connectivity index (χ4v) is 4.79. The Morgan fingerprint density at radius 3 is 2.48 bits per heavy atom. The summed E-state index contributed by atoms with van der Waals surface area (Å²) in [4.78, 5) is 5.44. The van der Waals surface area contributed by atoms with Crippen LogP contribution in [-0.2, 0) is 21.4 Å². The van der Waals surface area contributed by atoms with Crippen molar-refractivity contribution in [2.75, 3.05) is 20.7 Å². The van der Waals surface area contributed by atoms with E-state index in [1.807, 2.05) is 30.3 Å². The maximum absolute atomic E-state index is 14.2. The largest absolute Gasteiger partial charge is 0.297 e. The van der Waals surface area contributed by atoms with Gasteiger partial charge in [-0.05, 0) is 11.6 Å². The molecule has 1 fully saturated rings. The van der Waals surface area contributed by atoms with Crippen molar-refractivity contribution in [3.63, 3.8) is 0 Å². The van der Waals surface area contributed by atoms with Gasteiger partial charge in [-0.1, -0.05) is 48.5 Å². The van der Waals surface area contributed by atoms with Crippen LogP contribution in [0.3, 0.4) is 0 Å². The Kier molecular flexibility index (Phi) is 5.19. The van der Waals surface area contributed by atoms with E-state index in [0.717, 1.165) is 5.56 Å². The first-order valence-corrected chi connectivity index (χ1v) is 9.51. The highest BCUT2D eigenvalue weighted by Gasteiger charge is 2.45. The van der Waals surface area contributed by atoms with E-state index in [-0.39, 0.29) is 13.2 Å². The van der Waals surface area contributed by atoms with Crippen LogP contribution in [0.2, 0.25) is 0 Å². The number of nitrogens with zero attached hydrogens (tertiary/aromatic N) is 2. The summed E-state index contributed by atoms with van der Waals surface area (Å²) in [7, 11) is -0.514. The Hall–Kier alpha value is -1.80. The van der Waals surface area contributed by atoms with E-state index in [4.69, 9.17) is 4.84 Å². The summed E-state index contributed by atoms with van der Waals surface area (Å²) in [6.45, 7) is 0.254. The van der Waals surface area contributed by atoms with Crippen LogP contribution in [0.1, 0.15) is 17.2 Å². The van der Waals surface area contributed by atoms with Gasteiger partial charge in [0.1, 0.15) is 11.1 Å². The van der Waals surface area contributed by atoms with Gasteiger partial charge in [0, 0.05) is 26.2 Å². The molecule has 0 aliphatic carbocycles. The molecule has 25 heavy (non-hydrogen) atoms. The van der Waals surface area contributed by atoms with Crippen LogP contribution in [0.25, 0.3) is 0 Å². The second-order valence-electron chi connectivity index (χ2n) is 6.13. The first-order chi connectivity index (χ1) is 11.9. The summed E-state index contributed by atoms with van der Waals surface area (Å²) in [6, 6.07) is 14.9. The minimum absolute atomic E-state index is 0.00301. The minimum Gasteiger partial charge on any atom is -0.297 e. The van der Waals surface area contributed by atoms with Crippen molar-refractivity contribution in [1.82, 2.24) is 9.37 Å². The maximum atomic E-state index is 14.2. The lowest BCUT2D eigenvalue weighted by atomic mass is 10.0. The molecule has 2 atom stereocenters. The predicted octanol–water partition coefficient (Wildman–Crippen LogP) is 2.57. The molecule has 0 amide bonds. The SMILES string of the molecule is CN1OC[C@H](S(=O)(=O)N(C)Cc2ccccc2)[C@@H]1c1ccccc1F. The molecule has 1 heterocycles. The fraction of sp³-hybridized carbons (Fsp3) is 0.333. The van der Waals surface area contributed by atoms with Crippen LogP contribution in [0, 0.1) is 5.82 Å². The van der Waals surface area contributed by atoms with Crippen LogP contribution in [0.4, 0.5) is 4.39 Å². The molecular formula is C18H21FN2O3S. The zero-order valence-electron chi connectivity index (χ0n) is 14.2. The smallest absolute Gasteiger partial charge is 0.221 e. The molecule has 2 aromatic carbocycles. The molecule has 3 rings (SSSR count). The van der Waals surface area contributed by atoms with Crippen molar-refractivity contribution >= 4 is 10.0 Å². The van der Waals surface area contributed by atoms with Gasteiger partial charge in [0.2, 0.25) is 10.0 Å². The number of hydrogen-bond acceptors (Lipinski definition) is 4. The highest BCUT2D eigenvalue weighted by atomic mass is 32.2. The number of hydroxylamine groups is 2. The summed E-state index contributed by atoms with van der Waals surface area (Å²) in [6.07, 6.45) is 0. The van der Waals surface area contributed by atoms with Gasteiger partial charge in [-0.2, -0.15) is 5.06 Å². The van der Waals surface area contributed by atoms with Crippen LogP contribution in [0.15, 0.2) is 54.6 Å². The van der Waals surface area contributed by atoms with Crippen LogP contribution >= 0.6 is 0 Å². The van der Waals surface area contributed by atoms with E-state index in [1.54, 1.807) is 32.3 Å². The Morgan fingerprint density at radius 1 is 1.16 bits per heavy atom. The second-order valence-corrected chi connectivity index (χ2v) is 8.39. The van der Waals surface area contributed by atoms with E-state index in [1.165, 1.54) is 15.4 Å². The molecule has 0 saturated carbocycles. The van der Waals surface area contributed by atoms with Crippen molar-refractivity contribution in [3.05, 3.63) is 71.5 Å². The number of rotatable bonds is 5. The zero-order chi connectivity index (χ0) is 18.0. The van der Waals surface area contributed by atoms with Gasteiger partial charge in [-0.15, -0.1) is 0 Å². The van der Waals surface area contributed by atoms with Crippen LogP contribution in [-0.4, -0.2) is 43.7 Å². The van der Waals surface area contributed by atoms with Crippen LogP contribution in [0.5, 0.6) is 0 Å². The molecule has 1 saturated heterocycles. The topological polar surface area (TPSA) is 49.9 Å². The number of halogens is 1. The average Bonchev–Trinajstić information content (AvgIpc) is 2.98. The number of benzene rings is 2. The monoisotopic (exact) mass is 364 g/mol. The lowest BCUT2D eigenvalue weighted by molar-refractivity contribution is -0.111. The third-order valence-corrected chi connectivity index (χ3v) is 6.63. The lowest BCUT2D eigenvalue weighted by Crippen LogP contribution is -2.40. The summed E-state index contributed by atoms with van der Waals surface area (Å²) in [5.41, 5.74) is 1.22. The number of sulfonamides is 1. The third kappa shape index (κ3) is 3.59. The van der Waals surface area contributed by atoms with Gasteiger partial charge < -0.3 is 0 Å². The van der Waals surface area contributed by atoms with E-state index >= 15 is 0 Å². The standard InChI is InChI=1S/C18H21FN2O3S/c1-20(12-14-8-4-3-5-9-14)25(22,23)17-13-24-21(2)18(17)15-10-6-7-11-16(15)19/h3-11,17-18H,12-13H2,1-2H3/t17-,18-/m0/s1. The van der Waals surface area contributed by atoms with Crippen molar-refractivity contribution in [1.29, 1.82) is 0 Å². The molecule has 0 spiro atoms. The normalized spacial score (nSPS) is 21.8. The van der Waals surface area contributed by atoms with Gasteiger partial charge >= 0.3 is 0 Å². The molecule has 0 radical (unpaired) electrons. The molecule has 1 aliphatic rings. The van der Waals surface area contributed by atoms with Gasteiger partial charge in [0.15, 0.2) is 0 Å². The highest BCUT2D eigenvalue weighted by molar-refractivity contribution is 7.89. The minimum atomic E-state index is -3.68. The van der Waals surface area contributed by atoms with Crippen molar-refractivity contribution < 1.29 is 17.6 Å². The molecule has 1 aliphatic heterocycles. The molecule has 0 N–H and O–H groups in total. The lowest BCUT2D eigenvalue weighted by Gasteiger charge is -2.27. The van der Waals surface area contributed by atoms with Gasteiger partial charge in [0.25, 0.3) is 0 Å². The Labute approximate surface area is 147 Å². The summed E-state index contributed by atoms with van der Waals surface area (Å²) >= 11 is 0. The number of hydrogen-bond donors (Lipinski definition) is 0. The van der Waals surface area contributed by atoms with Crippen molar-refractivity contribution in [2.45, 2.75) is 17.8 Å². The van der Waals surface area contributed by atoms with E-state index < -0.39 is 27.1 Å². The molecule has 0 aromatic heterocycles. The summed E-state index contributed by atoms with van der Waals surface area (Å²) < 4.78 is 41.7. The molecule has 7 heteroatoms. The molecule has 134 valence electrons. The fourth-order valence-electron chi connectivity index (χ4n) is 3.12. The van der Waals surface area contributed by atoms with Gasteiger partial charge in [-0.3, -0.25) is 4.84 Å². The summed E-state index contributed by atoms with van der Waals surface area (Å²) in [5.74, 6) is -0.434. The molecule has 2 aromatic rings. The van der Waals surface area contributed by atoms with E-state index in [9.17, 15) is 12.8 Å². The van der Waals surface area contributed by atoms with E-state index in [2.05, 4.69) is 0 Å². The molecule has 0 bridgehead atoms. The Bertz CT molecular complexity index is 829. The quantitative estimate of drug-likeness (QED) is 0.818. The predicted molar refractivity (Wildman–Crippen MR) is 93.5 cm³/mol. The Morgan fingerprint density at radius 2 is 1.80 bits per heavy atom.